The van der Waals surface area contributed by atoms with Gasteiger partial charge in [-0.05, 0) is 19.4 Å². The Kier molecular flexibility index (Phi) is 4.97. The molecule has 0 saturated heterocycles. The van der Waals surface area contributed by atoms with Gasteiger partial charge in [0.2, 0.25) is 20.9 Å². The third-order valence-corrected chi connectivity index (χ3v) is 5.31. The van der Waals surface area contributed by atoms with Crippen molar-refractivity contribution in [2.75, 3.05) is 13.1 Å². The standard InChI is InChI=1S/C15H19N3O3S/c1-3-18(4-2)14(19)13(12-8-6-5-7-9-12)22(20,21)15-16-10-11-17-15/h5-11,13H,3-4H2,1-2H3,(H,16,17). The van der Waals surface area contributed by atoms with Crippen LogP contribution in [0.25, 0.3) is 0 Å². The van der Waals surface area contributed by atoms with Gasteiger partial charge in [0.05, 0.1) is 0 Å². The summed E-state index contributed by atoms with van der Waals surface area (Å²) in [4.78, 5) is 20.7. The summed E-state index contributed by atoms with van der Waals surface area (Å²) in [5.74, 6) is -0.437. The molecular formula is C15H19N3O3S. The minimum Gasteiger partial charge on any atom is -0.342 e. The molecule has 0 aliphatic carbocycles. The molecule has 7 heteroatoms. The number of imidazole rings is 1. The second kappa shape index (κ2) is 6.74. The van der Waals surface area contributed by atoms with Crippen LogP contribution in [0, 0.1) is 0 Å². The molecule has 1 aromatic carbocycles. The summed E-state index contributed by atoms with van der Waals surface area (Å²) in [6, 6.07) is 8.51. The Hall–Kier alpha value is -2.15. The number of likely N-dealkylation sites (N-methyl/N-ethyl adjacent to an activating group) is 1. The summed E-state index contributed by atoms with van der Waals surface area (Å²) in [6.07, 6.45) is 2.79. The van der Waals surface area contributed by atoms with Gasteiger partial charge in [0.1, 0.15) is 0 Å². The highest BCUT2D eigenvalue weighted by Gasteiger charge is 2.39. The average molecular weight is 321 g/mol. The lowest BCUT2D eigenvalue weighted by Gasteiger charge is -2.24. The number of aromatic amines is 1. The van der Waals surface area contributed by atoms with E-state index in [1.807, 2.05) is 13.8 Å². The van der Waals surface area contributed by atoms with Crippen molar-refractivity contribution in [1.29, 1.82) is 0 Å². The van der Waals surface area contributed by atoms with Gasteiger partial charge in [-0.2, -0.15) is 0 Å². The number of carbonyl (C=O) groups excluding carboxylic acids is 1. The molecule has 22 heavy (non-hydrogen) atoms. The van der Waals surface area contributed by atoms with Crippen molar-refractivity contribution in [3.8, 4) is 0 Å². The molecule has 0 radical (unpaired) electrons. The lowest BCUT2D eigenvalue weighted by atomic mass is 10.1. The maximum atomic E-state index is 12.8. The van der Waals surface area contributed by atoms with Crippen LogP contribution in [-0.4, -0.2) is 42.3 Å². The third kappa shape index (κ3) is 3.04. The Labute approximate surface area is 130 Å². The number of carbonyl (C=O) groups is 1. The SMILES string of the molecule is CCN(CC)C(=O)C(c1ccccc1)S(=O)(=O)c1ncc[nH]1. The molecule has 1 amide bonds. The number of H-pyrrole nitrogens is 1. The fraction of sp³-hybridized carbons (Fsp3) is 0.333. The van der Waals surface area contributed by atoms with Crippen LogP contribution in [0.3, 0.4) is 0 Å². The van der Waals surface area contributed by atoms with Crippen molar-refractivity contribution >= 4 is 15.7 Å². The number of aromatic nitrogens is 2. The van der Waals surface area contributed by atoms with Gasteiger partial charge < -0.3 is 9.88 Å². The highest BCUT2D eigenvalue weighted by molar-refractivity contribution is 7.92. The molecule has 1 atom stereocenters. The van der Waals surface area contributed by atoms with E-state index in [1.54, 1.807) is 30.3 Å². The number of amides is 1. The van der Waals surface area contributed by atoms with E-state index in [-0.39, 0.29) is 5.16 Å². The molecule has 0 aliphatic rings. The molecular weight excluding hydrogens is 302 g/mol. The van der Waals surface area contributed by atoms with Crippen LogP contribution < -0.4 is 0 Å². The smallest absolute Gasteiger partial charge is 0.245 e. The number of hydrogen-bond acceptors (Lipinski definition) is 4. The lowest BCUT2D eigenvalue weighted by Crippen LogP contribution is -2.38. The summed E-state index contributed by atoms with van der Waals surface area (Å²) in [5.41, 5.74) is 0.441. The zero-order valence-electron chi connectivity index (χ0n) is 12.6. The van der Waals surface area contributed by atoms with E-state index in [2.05, 4.69) is 9.97 Å². The van der Waals surface area contributed by atoms with Gasteiger partial charge in [0.15, 0.2) is 5.25 Å². The van der Waals surface area contributed by atoms with Gasteiger partial charge in [0.25, 0.3) is 0 Å². The quantitative estimate of drug-likeness (QED) is 0.879. The molecule has 1 heterocycles. The van der Waals surface area contributed by atoms with Crippen molar-refractivity contribution in [2.24, 2.45) is 0 Å². The molecule has 0 spiro atoms. The normalized spacial score (nSPS) is 12.8. The first-order valence-electron chi connectivity index (χ1n) is 7.09. The van der Waals surface area contributed by atoms with E-state index >= 15 is 0 Å². The highest BCUT2D eigenvalue weighted by Crippen LogP contribution is 2.29. The van der Waals surface area contributed by atoms with Gasteiger partial charge in [-0.1, -0.05) is 30.3 Å². The first-order chi connectivity index (χ1) is 10.5. The lowest BCUT2D eigenvalue weighted by molar-refractivity contribution is -0.130. The molecule has 2 aromatic rings. The maximum absolute atomic E-state index is 12.8. The fourth-order valence-electron chi connectivity index (χ4n) is 2.30. The van der Waals surface area contributed by atoms with Crippen LogP contribution in [0.15, 0.2) is 47.9 Å². The number of benzene rings is 1. The van der Waals surface area contributed by atoms with Crippen molar-refractivity contribution < 1.29 is 13.2 Å². The van der Waals surface area contributed by atoms with Crippen LogP contribution >= 0.6 is 0 Å². The molecule has 1 N–H and O–H groups in total. The maximum Gasteiger partial charge on any atom is 0.245 e. The van der Waals surface area contributed by atoms with Gasteiger partial charge in [-0.3, -0.25) is 4.79 Å². The summed E-state index contributed by atoms with van der Waals surface area (Å²) in [7, 11) is -3.93. The molecule has 6 nitrogen and oxygen atoms in total. The number of rotatable bonds is 6. The molecule has 2 rings (SSSR count). The molecule has 0 bridgehead atoms. The van der Waals surface area contributed by atoms with Gasteiger partial charge in [0, 0.05) is 25.5 Å². The summed E-state index contributed by atoms with van der Waals surface area (Å²) in [6.45, 7) is 4.55. The Morgan fingerprint density at radius 3 is 2.36 bits per heavy atom. The molecule has 0 fully saturated rings. The number of sulfone groups is 1. The van der Waals surface area contributed by atoms with Crippen LogP contribution in [0.1, 0.15) is 24.7 Å². The Morgan fingerprint density at radius 1 is 1.23 bits per heavy atom. The average Bonchev–Trinajstić information content (AvgIpc) is 3.04. The summed E-state index contributed by atoms with van der Waals surface area (Å²) >= 11 is 0. The Bertz CT molecular complexity index is 708. The first kappa shape index (κ1) is 16.2. The van der Waals surface area contributed by atoms with Crippen LogP contribution in [0.2, 0.25) is 0 Å². The topological polar surface area (TPSA) is 83.1 Å². The van der Waals surface area contributed by atoms with Gasteiger partial charge >= 0.3 is 0 Å². The van der Waals surface area contributed by atoms with Gasteiger partial charge in [-0.25, -0.2) is 13.4 Å². The van der Waals surface area contributed by atoms with E-state index in [4.69, 9.17) is 0 Å². The second-order valence-corrected chi connectivity index (χ2v) is 6.69. The third-order valence-electron chi connectivity index (χ3n) is 3.45. The van der Waals surface area contributed by atoms with Crippen molar-refractivity contribution in [1.82, 2.24) is 14.9 Å². The number of hydrogen-bond donors (Lipinski definition) is 1. The fourth-order valence-corrected chi connectivity index (χ4v) is 3.89. The minimum atomic E-state index is -3.93. The van der Waals surface area contributed by atoms with Crippen molar-refractivity contribution in [3.63, 3.8) is 0 Å². The van der Waals surface area contributed by atoms with Crippen molar-refractivity contribution in [2.45, 2.75) is 24.3 Å². The van der Waals surface area contributed by atoms with Gasteiger partial charge in [-0.15, -0.1) is 0 Å². The monoisotopic (exact) mass is 321 g/mol. The molecule has 0 saturated carbocycles. The zero-order valence-corrected chi connectivity index (χ0v) is 13.4. The zero-order chi connectivity index (χ0) is 16.2. The Balaban J connectivity index is 2.54. The predicted octanol–water partition coefficient (Wildman–Crippen LogP) is 1.79. The van der Waals surface area contributed by atoms with E-state index in [9.17, 15) is 13.2 Å². The minimum absolute atomic E-state index is 0.193. The van der Waals surface area contributed by atoms with E-state index in [0.29, 0.717) is 18.7 Å². The summed E-state index contributed by atoms with van der Waals surface area (Å²) < 4.78 is 25.7. The number of nitrogens with zero attached hydrogens (tertiary/aromatic N) is 2. The van der Waals surface area contributed by atoms with Crippen LogP contribution in [0.5, 0.6) is 0 Å². The predicted molar refractivity (Wildman–Crippen MR) is 82.9 cm³/mol. The largest absolute Gasteiger partial charge is 0.342 e. The van der Waals surface area contributed by atoms with E-state index < -0.39 is 21.0 Å². The van der Waals surface area contributed by atoms with Crippen LogP contribution in [0.4, 0.5) is 0 Å². The molecule has 1 aromatic heterocycles. The van der Waals surface area contributed by atoms with E-state index in [1.165, 1.54) is 17.3 Å². The molecule has 118 valence electrons. The molecule has 0 aliphatic heterocycles. The van der Waals surface area contributed by atoms with Crippen LogP contribution in [-0.2, 0) is 14.6 Å². The number of nitrogens with one attached hydrogen (secondary N) is 1. The molecule has 1 unspecified atom stereocenters. The summed E-state index contributed by atoms with van der Waals surface area (Å²) in [5, 5.41) is -1.48. The first-order valence-corrected chi connectivity index (χ1v) is 8.64. The highest BCUT2D eigenvalue weighted by atomic mass is 32.2. The van der Waals surface area contributed by atoms with Crippen molar-refractivity contribution in [3.05, 3.63) is 48.3 Å². The Morgan fingerprint density at radius 2 is 1.86 bits per heavy atom. The second-order valence-electron chi connectivity index (χ2n) is 4.74. The van der Waals surface area contributed by atoms with E-state index in [0.717, 1.165) is 0 Å².